The van der Waals surface area contributed by atoms with Gasteiger partial charge in [0.25, 0.3) is 0 Å². The lowest BCUT2D eigenvalue weighted by Gasteiger charge is -2.17. The number of nitrogens with one attached hydrogen (secondary N) is 1. The van der Waals surface area contributed by atoms with Gasteiger partial charge in [0.15, 0.2) is 0 Å². The van der Waals surface area contributed by atoms with E-state index in [1.807, 2.05) is 25.1 Å². The first-order valence-corrected chi connectivity index (χ1v) is 8.65. The van der Waals surface area contributed by atoms with E-state index >= 15 is 0 Å². The van der Waals surface area contributed by atoms with E-state index in [0.29, 0.717) is 16.8 Å². The van der Waals surface area contributed by atoms with Gasteiger partial charge in [0.2, 0.25) is 11.1 Å². The average Bonchev–Trinajstić information content (AvgIpc) is 2.96. The van der Waals surface area contributed by atoms with Gasteiger partial charge in [0, 0.05) is 6.04 Å². The lowest BCUT2D eigenvalue weighted by atomic mass is 10.1. The van der Waals surface area contributed by atoms with Crippen molar-refractivity contribution in [1.29, 1.82) is 0 Å². The molecule has 2 rings (SSSR count). The molecule has 1 aromatic carbocycles. The average molecular weight is 333 g/mol. The summed E-state index contributed by atoms with van der Waals surface area (Å²) in [5, 5.41) is 15.4. The second kappa shape index (κ2) is 7.59. The van der Waals surface area contributed by atoms with E-state index in [4.69, 9.17) is 0 Å². The van der Waals surface area contributed by atoms with Crippen molar-refractivity contribution in [2.45, 2.75) is 45.8 Å². The van der Waals surface area contributed by atoms with Crippen LogP contribution in [0.1, 0.15) is 31.9 Å². The van der Waals surface area contributed by atoms with Crippen molar-refractivity contribution in [3.05, 3.63) is 29.3 Å². The largest absolute Gasteiger partial charge is 0.353 e. The molecule has 0 saturated heterocycles. The number of carbonyl (C=O) groups is 1. The molecule has 0 bridgehead atoms. The number of aryl methyl sites for hydroxylation is 2. The maximum atomic E-state index is 12.0. The van der Waals surface area contributed by atoms with Gasteiger partial charge in [0.05, 0.1) is 11.4 Å². The quantitative estimate of drug-likeness (QED) is 0.823. The zero-order valence-corrected chi connectivity index (χ0v) is 15.0. The Bertz CT molecular complexity index is 683. The topological polar surface area (TPSA) is 72.7 Å². The highest BCUT2D eigenvalue weighted by Crippen LogP contribution is 2.20. The molecule has 0 spiro atoms. The van der Waals surface area contributed by atoms with E-state index in [2.05, 4.69) is 48.5 Å². The fraction of sp³-hybridized carbons (Fsp3) is 0.500. The Morgan fingerprint density at radius 1 is 1.26 bits per heavy atom. The van der Waals surface area contributed by atoms with E-state index in [1.54, 1.807) is 4.68 Å². The van der Waals surface area contributed by atoms with E-state index in [1.165, 1.54) is 22.9 Å². The normalized spacial score (nSPS) is 12.4. The maximum Gasteiger partial charge on any atom is 0.230 e. The van der Waals surface area contributed by atoms with Crippen LogP contribution in [0.3, 0.4) is 0 Å². The number of hydrogen-bond donors (Lipinski definition) is 1. The van der Waals surface area contributed by atoms with Crippen molar-refractivity contribution in [2.75, 3.05) is 5.75 Å². The van der Waals surface area contributed by atoms with Crippen LogP contribution in [0.5, 0.6) is 0 Å². The molecule has 1 heterocycles. The third-order valence-corrected chi connectivity index (χ3v) is 4.82. The van der Waals surface area contributed by atoms with Crippen molar-refractivity contribution in [3.63, 3.8) is 0 Å². The maximum absolute atomic E-state index is 12.0. The summed E-state index contributed by atoms with van der Waals surface area (Å²) in [7, 11) is 0. The summed E-state index contributed by atoms with van der Waals surface area (Å²) in [6.45, 7) is 10.3. The molecule has 1 amide bonds. The monoisotopic (exact) mass is 333 g/mol. The Kier molecular flexibility index (Phi) is 5.76. The Balaban J connectivity index is 2.04. The van der Waals surface area contributed by atoms with Crippen LogP contribution in [0.2, 0.25) is 0 Å². The number of aromatic nitrogens is 4. The molecule has 0 aliphatic heterocycles. The molecule has 0 aliphatic rings. The number of hydrogen-bond acceptors (Lipinski definition) is 5. The summed E-state index contributed by atoms with van der Waals surface area (Å²) >= 11 is 1.34. The van der Waals surface area contributed by atoms with Gasteiger partial charge in [-0.25, -0.2) is 0 Å². The van der Waals surface area contributed by atoms with Gasteiger partial charge < -0.3 is 5.32 Å². The van der Waals surface area contributed by atoms with Gasteiger partial charge in [0.1, 0.15) is 0 Å². The molecular formula is C16H23N5OS. The lowest BCUT2D eigenvalue weighted by molar-refractivity contribution is -0.119. The van der Waals surface area contributed by atoms with Crippen LogP contribution in [-0.2, 0) is 4.79 Å². The summed E-state index contributed by atoms with van der Waals surface area (Å²) in [4.78, 5) is 12.0. The highest BCUT2D eigenvalue weighted by molar-refractivity contribution is 7.99. The molecule has 7 heteroatoms. The molecular weight excluding hydrogens is 310 g/mol. The molecule has 0 saturated carbocycles. The molecule has 0 radical (unpaired) electrons. The number of carbonyl (C=O) groups excluding carboxylic acids is 1. The highest BCUT2D eigenvalue weighted by Gasteiger charge is 2.14. The summed E-state index contributed by atoms with van der Waals surface area (Å²) in [6.07, 6.45) is 0. The molecule has 2 aromatic rings. The second-order valence-electron chi connectivity index (χ2n) is 6.03. The van der Waals surface area contributed by atoms with Crippen LogP contribution in [0.15, 0.2) is 23.4 Å². The van der Waals surface area contributed by atoms with Gasteiger partial charge in [-0.15, -0.1) is 5.10 Å². The third kappa shape index (κ3) is 4.54. The van der Waals surface area contributed by atoms with Crippen LogP contribution < -0.4 is 5.32 Å². The minimum absolute atomic E-state index is 0.00848. The zero-order valence-electron chi connectivity index (χ0n) is 14.2. The summed E-state index contributed by atoms with van der Waals surface area (Å²) < 4.78 is 1.66. The van der Waals surface area contributed by atoms with Crippen molar-refractivity contribution < 1.29 is 4.79 Å². The Morgan fingerprint density at radius 3 is 2.65 bits per heavy atom. The molecule has 0 fully saturated rings. The smallest absolute Gasteiger partial charge is 0.230 e. The number of tetrazole rings is 1. The number of thioether (sulfide) groups is 1. The number of amides is 1. The molecule has 1 aromatic heterocycles. The second-order valence-corrected chi connectivity index (χ2v) is 6.97. The van der Waals surface area contributed by atoms with Crippen molar-refractivity contribution >= 4 is 17.7 Å². The molecule has 6 nitrogen and oxygen atoms in total. The number of nitrogens with zero attached hydrogens (tertiary/aromatic N) is 4. The third-order valence-electron chi connectivity index (χ3n) is 3.90. The molecule has 23 heavy (non-hydrogen) atoms. The summed E-state index contributed by atoms with van der Waals surface area (Å²) in [5.41, 5.74) is 3.30. The van der Waals surface area contributed by atoms with Crippen molar-refractivity contribution in [2.24, 2.45) is 5.92 Å². The molecule has 0 aliphatic carbocycles. The number of rotatable bonds is 6. The Morgan fingerprint density at radius 2 is 2.00 bits per heavy atom. The van der Waals surface area contributed by atoms with E-state index < -0.39 is 0 Å². The number of benzene rings is 1. The van der Waals surface area contributed by atoms with Gasteiger partial charge in [-0.1, -0.05) is 31.7 Å². The molecule has 0 unspecified atom stereocenters. The lowest BCUT2D eigenvalue weighted by Crippen LogP contribution is -2.37. The van der Waals surface area contributed by atoms with Crippen molar-refractivity contribution in [3.8, 4) is 5.69 Å². The van der Waals surface area contributed by atoms with E-state index in [-0.39, 0.29) is 11.9 Å². The first-order chi connectivity index (χ1) is 10.9. The Labute approximate surface area is 141 Å². The standard InChI is InChI=1S/C16H23N5OS/c1-10(2)13(5)17-15(22)9-23-16-18-19-20-21(16)14-7-6-11(3)12(4)8-14/h6-8,10,13H,9H2,1-5H3,(H,17,22)/t13-/m0/s1. The van der Waals surface area contributed by atoms with Crippen LogP contribution in [0.4, 0.5) is 0 Å². The fourth-order valence-electron chi connectivity index (χ4n) is 1.88. The predicted molar refractivity (Wildman–Crippen MR) is 91.8 cm³/mol. The molecule has 124 valence electrons. The highest BCUT2D eigenvalue weighted by atomic mass is 32.2. The van der Waals surface area contributed by atoms with Gasteiger partial charge >= 0.3 is 0 Å². The first kappa shape index (κ1) is 17.5. The Hall–Kier alpha value is -1.89. The van der Waals surface area contributed by atoms with E-state index in [0.717, 1.165) is 5.69 Å². The van der Waals surface area contributed by atoms with Gasteiger partial charge in [-0.2, -0.15) is 4.68 Å². The minimum atomic E-state index is -0.00848. The first-order valence-electron chi connectivity index (χ1n) is 7.66. The summed E-state index contributed by atoms with van der Waals surface area (Å²) in [6, 6.07) is 6.21. The van der Waals surface area contributed by atoms with Gasteiger partial charge in [-0.3, -0.25) is 4.79 Å². The summed E-state index contributed by atoms with van der Waals surface area (Å²) in [5.74, 6) is 0.693. The van der Waals surface area contributed by atoms with Crippen LogP contribution in [0, 0.1) is 19.8 Å². The van der Waals surface area contributed by atoms with Crippen LogP contribution >= 0.6 is 11.8 Å². The zero-order chi connectivity index (χ0) is 17.0. The SMILES string of the molecule is Cc1ccc(-n2nnnc2SCC(=O)N[C@@H](C)C(C)C)cc1C. The van der Waals surface area contributed by atoms with E-state index in [9.17, 15) is 4.79 Å². The molecule has 1 atom stereocenters. The fourth-order valence-corrected chi connectivity index (χ4v) is 2.58. The predicted octanol–water partition coefficient (Wildman–Crippen LogP) is 2.53. The molecule has 1 N–H and O–H groups in total. The van der Waals surface area contributed by atoms with Crippen LogP contribution in [0.25, 0.3) is 5.69 Å². The minimum Gasteiger partial charge on any atom is -0.353 e. The van der Waals surface area contributed by atoms with Gasteiger partial charge in [-0.05, 0) is 60.4 Å². The van der Waals surface area contributed by atoms with Crippen molar-refractivity contribution in [1.82, 2.24) is 25.5 Å². The van der Waals surface area contributed by atoms with Crippen LogP contribution in [-0.4, -0.2) is 37.9 Å².